The zero-order chi connectivity index (χ0) is 17.6. The first-order chi connectivity index (χ1) is 12.2. The number of rotatable bonds is 6. The average Bonchev–Trinajstić information content (AvgIpc) is 3.05. The molecule has 1 aromatic heterocycles. The molecule has 25 heavy (non-hydrogen) atoms. The summed E-state index contributed by atoms with van der Waals surface area (Å²) >= 11 is 0. The van der Waals surface area contributed by atoms with Gasteiger partial charge in [0.2, 0.25) is 0 Å². The van der Waals surface area contributed by atoms with Gasteiger partial charge in [-0.3, -0.25) is 0 Å². The van der Waals surface area contributed by atoms with Crippen LogP contribution >= 0.6 is 0 Å². The first-order valence-corrected chi connectivity index (χ1v) is 8.23. The van der Waals surface area contributed by atoms with Crippen LogP contribution in [0.15, 0.2) is 65.9 Å². The maximum atomic E-state index is 8.95. The molecule has 0 atom stereocenters. The number of oxime groups is 1. The van der Waals surface area contributed by atoms with Crippen molar-refractivity contribution in [2.24, 2.45) is 11.1 Å². The molecule has 0 aliphatic rings. The molecule has 0 spiro atoms. The van der Waals surface area contributed by atoms with Crippen LogP contribution < -0.4 is 4.74 Å². The molecule has 0 aliphatic carbocycles. The molecule has 1 N–H and O–H groups in total. The molecule has 2 aromatic carbocycles. The molecule has 0 aliphatic heterocycles. The smallest absolute Gasteiger partial charge is 0.119 e. The highest BCUT2D eigenvalue weighted by atomic mass is 16.5. The maximum absolute atomic E-state index is 8.95. The van der Waals surface area contributed by atoms with E-state index in [0.717, 1.165) is 28.3 Å². The number of hydrogen-bond donors (Lipinski definition) is 1. The van der Waals surface area contributed by atoms with Crippen LogP contribution in [0.5, 0.6) is 5.75 Å². The summed E-state index contributed by atoms with van der Waals surface area (Å²) in [5, 5.41) is 16.8. The second kappa shape index (κ2) is 7.66. The Morgan fingerprint density at radius 3 is 2.48 bits per heavy atom. The van der Waals surface area contributed by atoms with Crippen molar-refractivity contribution in [1.29, 1.82) is 0 Å². The Balaban J connectivity index is 1.92. The molecule has 0 bridgehead atoms. The minimum atomic E-state index is 0.480. The zero-order valence-electron chi connectivity index (χ0n) is 14.3. The van der Waals surface area contributed by atoms with Gasteiger partial charge in [-0.15, -0.1) is 0 Å². The second-order valence-corrected chi connectivity index (χ2v) is 6.19. The van der Waals surface area contributed by atoms with Gasteiger partial charge in [-0.05, 0) is 42.3 Å². The highest BCUT2D eigenvalue weighted by Crippen LogP contribution is 2.25. The molecule has 0 amide bonds. The van der Waals surface area contributed by atoms with Crippen LogP contribution in [0.4, 0.5) is 0 Å². The van der Waals surface area contributed by atoms with E-state index in [-0.39, 0.29) is 0 Å². The van der Waals surface area contributed by atoms with Gasteiger partial charge in [-0.2, -0.15) is 5.10 Å². The lowest BCUT2D eigenvalue weighted by molar-refractivity contribution is 0.271. The van der Waals surface area contributed by atoms with Crippen molar-refractivity contribution < 1.29 is 9.94 Å². The predicted octanol–water partition coefficient (Wildman–Crippen LogP) is 4.38. The van der Waals surface area contributed by atoms with Gasteiger partial charge in [0.15, 0.2) is 0 Å². The van der Waals surface area contributed by atoms with Crippen LogP contribution in [0.2, 0.25) is 0 Å². The third kappa shape index (κ3) is 4.07. The van der Waals surface area contributed by atoms with Crippen LogP contribution in [0.3, 0.4) is 0 Å². The molecule has 0 radical (unpaired) electrons. The highest BCUT2D eigenvalue weighted by molar-refractivity contribution is 5.88. The van der Waals surface area contributed by atoms with E-state index in [1.54, 1.807) is 4.68 Å². The van der Waals surface area contributed by atoms with E-state index in [1.807, 2.05) is 60.8 Å². The minimum Gasteiger partial charge on any atom is -0.493 e. The summed E-state index contributed by atoms with van der Waals surface area (Å²) in [6, 6.07) is 17.6. The predicted molar refractivity (Wildman–Crippen MR) is 98.7 cm³/mol. The van der Waals surface area contributed by atoms with Crippen molar-refractivity contribution >= 4 is 6.21 Å². The molecule has 5 heteroatoms. The van der Waals surface area contributed by atoms with Gasteiger partial charge in [0.05, 0.1) is 18.5 Å². The number of para-hydroxylation sites is 1. The van der Waals surface area contributed by atoms with Crippen LogP contribution in [0, 0.1) is 5.92 Å². The first-order valence-electron chi connectivity index (χ1n) is 8.23. The third-order valence-electron chi connectivity index (χ3n) is 3.67. The van der Waals surface area contributed by atoms with Crippen molar-refractivity contribution in [2.45, 2.75) is 13.8 Å². The van der Waals surface area contributed by atoms with Crippen LogP contribution in [0.25, 0.3) is 16.9 Å². The number of nitrogens with zero attached hydrogens (tertiary/aromatic N) is 3. The fourth-order valence-corrected chi connectivity index (χ4v) is 2.45. The fourth-order valence-electron chi connectivity index (χ4n) is 2.45. The Kier molecular flexibility index (Phi) is 5.14. The lowest BCUT2D eigenvalue weighted by Gasteiger charge is -2.09. The molecule has 1 heterocycles. The van der Waals surface area contributed by atoms with Gasteiger partial charge in [-0.25, -0.2) is 4.68 Å². The molecule has 0 fully saturated rings. The van der Waals surface area contributed by atoms with E-state index >= 15 is 0 Å². The highest BCUT2D eigenvalue weighted by Gasteiger charge is 2.11. The van der Waals surface area contributed by atoms with Crippen molar-refractivity contribution in [3.63, 3.8) is 0 Å². The first kappa shape index (κ1) is 16.8. The van der Waals surface area contributed by atoms with Crippen LogP contribution in [-0.2, 0) is 0 Å². The topological polar surface area (TPSA) is 59.6 Å². The van der Waals surface area contributed by atoms with E-state index < -0.39 is 0 Å². The van der Waals surface area contributed by atoms with E-state index in [4.69, 9.17) is 9.94 Å². The normalized spacial score (nSPS) is 11.3. The molecule has 0 unspecified atom stereocenters. The minimum absolute atomic E-state index is 0.480. The van der Waals surface area contributed by atoms with Gasteiger partial charge >= 0.3 is 0 Å². The van der Waals surface area contributed by atoms with Gasteiger partial charge < -0.3 is 9.94 Å². The molecule has 3 aromatic rings. The number of ether oxygens (including phenoxy) is 1. The van der Waals surface area contributed by atoms with Crippen LogP contribution in [0.1, 0.15) is 19.4 Å². The largest absolute Gasteiger partial charge is 0.493 e. The van der Waals surface area contributed by atoms with Crippen LogP contribution in [-0.4, -0.2) is 27.8 Å². The third-order valence-corrected chi connectivity index (χ3v) is 3.67. The lowest BCUT2D eigenvalue weighted by atomic mass is 10.1. The van der Waals surface area contributed by atoms with Gasteiger partial charge in [0, 0.05) is 17.3 Å². The quantitative estimate of drug-likeness (QED) is 0.413. The maximum Gasteiger partial charge on any atom is 0.119 e. The molecular formula is C20H21N3O2. The van der Waals surface area contributed by atoms with Gasteiger partial charge in [-0.1, -0.05) is 37.2 Å². The van der Waals surface area contributed by atoms with Crippen molar-refractivity contribution in [1.82, 2.24) is 9.78 Å². The Hall–Kier alpha value is -3.08. The fraction of sp³-hybridized carbons (Fsp3) is 0.200. The monoisotopic (exact) mass is 335 g/mol. The van der Waals surface area contributed by atoms with Gasteiger partial charge in [0.25, 0.3) is 0 Å². The molecule has 3 rings (SSSR count). The zero-order valence-corrected chi connectivity index (χ0v) is 14.3. The average molecular weight is 335 g/mol. The van der Waals surface area contributed by atoms with Gasteiger partial charge in [0.1, 0.15) is 11.4 Å². The summed E-state index contributed by atoms with van der Waals surface area (Å²) in [6.45, 7) is 4.92. The Morgan fingerprint density at radius 1 is 1.12 bits per heavy atom. The summed E-state index contributed by atoms with van der Waals surface area (Å²) in [6.07, 6.45) is 3.23. The standard InChI is InChI=1S/C20H21N3O2/c1-15(2)14-25-19-10-8-16(9-11-19)20-17(12-21-24)13-23(22-20)18-6-4-3-5-7-18/h3-13,15,24H,14H2,1-2H3. The number of hydrogen-bond acceptors (Lipinski definition) is 4. The van der Waals surface area contributed by atoms with E-state index in [0.29, 0.717) is 12.5 Å². The second-order valence-electron chi connectivity index (χ2n) is 6.19. The van der Waals surface area contributed by atoms with Crippen molar-refractivity contribution in [3.05, 3.63) is 66.4 Å². The number of benzene rings is 2. The molecule has 128 valence electrons. The molecule has 0 saturated heterocycles. The summed E-state index contributed by atoms with van der Waals surface area (Å²) in [5.41, 5.74) is 3.36. The Bertz CT molecular complexity index is 837. The SMILES string of the molecule is CC(C)COc1ccc(-c2nn(-c3ccccc3)cc2C=NO)cc1. The summed E-state index contributed by atoms with van der Waals surface area (Å²) in [5.74, 6) is 1.31. The van der Waals surface area contributed by atoms with Crippen molar-refractivity contribution in [2.75, 3.05) is 6.61 Å². The van der Waals surface area contributed by atoms with Crippen molar-refractivity contribution in [3.8, 4) is 22.7 Å². The van der Waals surface area contributed by atoms with E-state index in [9.17, 15) is 0 Å². The Morgan fingerprint density at radius 2 is 1.84 bits per heavy atom. The van der Waals surface area contributed by atoms with E-state index in [2.05, 4.69) is 24.1 Å². The molecular weight excluding hydrogens is 314 g/mol. The Labute approximate surface area is 147 Å². The summed E-state index contributed by atoms with van der Waals surface area (Å²) in [4.78, 5) is 0. The summed E-state index contributed by atoms with van der Waals surface area (Å²) < 4.78 is 7.49. The molecule has 5 nitrogen and oxygen atoms in total. The molecule has 0 saturated carbocycles. The van der Waals surface area contributed by atoms with E-state index in [1.165, 1.54) is 6.21 Å². The lowest BCUT2D eigenvalue weighted by Crippen LogP contribution is -2.04. The summed E-state index contributed by atoms with van der Waals surface area (Å²) in [7, 11) is 0. The number of aromatic nitrogens is 2.